The fourth-order valence-electron chi connectivity index (χ4n) is 1.70. The first-order valence-electron chi connectivity index (χ1n) is 5.33. The summed E-state index contributed by atoms with van der Waals surface area (Å²) >= 11 is 3.44. The highest BCUT2D eigenvalue weighted by Gasteiger charge is 2.26. The van der Waals surface area contributed by atoms with Crippen molar-refractivity contribution in [1.29, 1.82) is 0 Å². The molecule has 4 nitrogen and oxygen atoms in total. The first kappa shape index (κ1) is 12.3. The summed E-state index contributed by atoms with van der Waals surface area (Å²) in [5.41, 5.74) is 1.08. The maximum absolute atomic E-state index is 11.5. The van der Waals surface area contributed by atoms with Gasteiger partial charge in [0.05, 0.1) is 0 Å². The Morgan fingerprint density at radius 1 is 1.18 bits per heavy atom. The van der Waals surface area contributed by atoms with Gasteiger partial charge in [-0.1, -0.05) is 34.1 Å². The Labute approximate surface area is 108 Å². The van der Waals surface area contributed by atoms with Crippen molar-refractivity contribution in [2.45, 2.75) is 6.42 Å². The maximum Gasteiger partial charge on any atom is 0.255 e. The number of carbonyl (C=O) groups excluding carboxylic acids is 2. The van der Waals surface area contributed by atoms with Crippen molar-refractivity contribution >= 4 is 27.7 Å². The first-order valence-corrected chi connectivity index (χ1v) is 6.12. The van der Waals surface area contributed by atoms with Crippen LogP contribution in [0.25, 0.3) is 0 Å². The van der Waals surface area contributed by atoms with E-state index in [9.17, 15) is 9.59 Å². The van der Waals surface area contributed by atoms with Gasteiger partial charge >= 0.3 is 0 Å². The summed E-state index contributed by atoms with van der Waals surface area (Å²) in [6.45, 7) is 0.410. The molecule has 5 heteroatoms. The van der Waals surface area contributed by atoms with Gasteiger partial charge in [0.25, 0.3) is 11.8 Å². The summed E-state index contributed by atoms with van der Waals surface area (Å²) in [5, 5.41) is 0. The number of nitrogens with zero attached hydrogens (tertiary/aromatic N) is 1. The summed E-state index contributed by atoms with van der Waals surface area (Å²) < 4.78 is 5.84. The molecule has 1 heterocycles. The third-order valence-corrected chi connectivity index (χ3v) is 3.39. The number of benzene rings is 1. The van der Waals surface area contributed by atoms with Crippen LogP contribution in [0.4, 0.5) is 0 Å². The zero-order valence-corrected chi connectivity index (χ0v) is 10.8. The number of ether oxygens (including phenoxy) is 1. The fraction of sp³-hybridized carbons (Fsp3) is 0.333. The lowest BCUT2D eigenvalue weighted by Gasteiger charge is -2.24. The molecule has 1 fully saturated rings. The summed E-state index contributed by atoms with van der Waals surface area (Å²) in [7, 11) is 0. The van der Waals surface area contributed by atoms with Crippen LogP contribution in [0.3, 0.4) is 0 Å². The summed E-state index contributed by atoms with van der Waals surface area (Å²) in [4.78, 5) is 24.2. The number of rotatable bonds is 3. The molecule has 1 aliphatic heterocycles. The molecule has 0 aliphatic carbocycles. The van der Waals surface area contributed by atoms with Crippen LogP contribution in [0.15, 0.2) is 28.7 Å². The van der Waals surface area contributed by atoms with E-state index in [0.717, 1.165) is 10.0 Å². The molecule has 1 saturated heterocycles. The number of imide groups is 1. The minimum Gasteiger partial charge on any atom is -0.362 e. The standard InChI is InChI=1S/C12H12BrNO3/c13-10-4-2-1-3-9(10)5-6-14-11(15)7-17-8-12(14)16/h1-4H,5-8H2. The van der Waals surface area contributed by atoms with Crippen molar-refractivity contribution in [3.05, 3.63) is 34.3 Å². The Kier molecular flexibility index (Phi) is 3.91. The van der Waals surface area contributed by atoms with Crippen molar-refractivity contribution < 1.29 is 14.3 Å². The van der Waals surface area contributed by atoms with E-state index in [1.54, 1.807) is 0 Å². The molecule has 0 aromatic heterocycles. The number of morpholine rings is 1. The van der Waals surface area contributed by atoms with Gasteiger partial charge in [0, 0.05) is 11.0 Å². The molecule has 1 aliphatic rings. The topological polar surface area (TPSA) is 46.6 Å². The van der Waals surface area contributed by atoms with Crippen molar-refractivity contribution in [1.82, 2.24) is 4.90 Å². The Morgan fingerprint density at radius 2 is 1.82 bits per heavy atom. The molecule has 2 amide bonds. The predicted octanol–water partition coefficient (Wildman–Crippen LogP) is 1.38. The van der Waals surface area contributed by atoms with E-state index in [0.29, 0.717) is 13.0 Å². The predicted molar refractivity (Wildman–Crippen MR) is 65.4 cm³/mol. The molecule has 17 heavy (non-hydrogen) atoms. The number of carbonyl (C=O) groups is 2. The highest BCUT2D eigenvalue weighted by atomic mass is 79.9. The van der Waals surface area contributed by atoms with E-state index < -0.39 is 0 Å². The van der Waals surface area contributed by atoms with E-state index in [1.807, 2.05) is 24.3 Å². The fourth-order valence-corrected chi connectivity index (χ4v) is 2.19. The van der Waals surface area contributed by atoms with Crippen LogP contribution in [-0.2, 0) is 20.7 Å². The Balaban J connectivity index is 2.00. The molecule has 90 valence electrons. The van der Waals surface area contributed by atoms with Crippen LogP contribution in [0, 0.1) is 0 Å². The van der Waals surface area contributed by atoms with Gasteiger partial charge in [0.1, 0.15) is 13.2 Å². The minimum absolute atomic E-state index is 0.00169. The molecule has 0 saturated carbocycles. The van der Waals surface area contributed by atoms with E-state index in [-0.39, 0.29) is 25.0 Å². The average molecular weight is 298 g/mol. The van der Waals surface area contributed by atoms with Gasteiger partial charge < -0.3 is 4.74 Å². The van der Waals surface area contributed by atoms with Gasteiger partial charge in [-0.15, -0.1) is 0 Å². The Morgan fingerprint density at radius 3 is 2.47 bits per heavy atom. The number of hydrogen-bond donors (Lipinski definition) is 0. The minimum atomic E-state index is -0.256. The summed E-state index contributed by atoms with van der Waals surface area (Å²) in [6.07, 6.45) is 0.652. The number of hydrogen-bond acceptors (Lipinski definition) is 3. The van der Waals surface area contributed by atoms with Crippen LogP contribution in [0.1, 0.15) is 5.56 Å². The van der Waals surface area contributed by atoms with Gasteiger partial charge in [0.2, 0.25) is 0 Å². The first-order chi connectivity index (χ1) is 8.18. The quantitative estimate of drug-likeness (QED) is 0.792. The molecule has 1 aromatic rings. The van der Waals surface area contributed by atoms with Crippen molar-refractivity contribution in [2.24, 2.45) is 0 Å². The molecule has 0 spiro atoms. The van der Waals surface area contributed by atoms with Crippen molar-refractivity contribution in [2.75, 3.05) is 19.8 Å². The van der Waals surface area contributed by atoms with Gasteiger partial charge in [-0.3, -0.25) is 14.5 Å². The van der Waals surface area contributed by atoms with Crippen molar-refractivity contribution in [3.63, 3.8) is 0 Å². The third-order valence-electron chi connectivity index (χ3n) is 2.62. The normalized spacial score (nSPS) is 16.4. The largest absolute Gasteiger partial charge is 0.362 e. The second-order valence-corrected chi connectivity index (χ2v) is 4.63. The molecule has 0 unspecified atom stereocenters. The average Bonchev–Trinajstić information content (AvgIpc) is 2.30. The van der Waals surface area contributed by atoms with Crippen LogP contribution in [-0.4, -0.2) is 36.5 Å². The summed E-state index contributed by atoms with van der Waals surface area (Å²) in [6, 6.07) is 7.78. The van der Waals surface area contributed by atoms with E-state index in [2.05, 4.69) is 15.9 Å². The van der Waals surface area contributed by atoms with Gasteiger partial charge in [0.15, 0.2) is 0 Å². The summed E-state index contributed by atoms with van der Waals surface area (Å²) in [5.74, 6) is -0.512. The number of halogens is 1. The van der Waals surface area contributed by atoms with Gasteiger partial charge in [-0.2, -0.15) is 0 Å². The molecular weight excluding hydrogens is 286 g/mol. The van der Waals surface area contributed by atoms with Gasteiger partial charge in [-0.25, -0.2) is 0 Å². The lowest BCUT2D eigenvalue weighted by atomic mass is 10.1. The molecule has 2 rings (SSSR count). The zero-order valence-electron chi connectivity index (χ0n) is 9.19. The SMILES string of the molecule is O=C1COCC(=O)N1CCc1ccccc1Br. The highest BCUT2D eigenvalue weighted by molar-refractivity contribution is 9.10. The van der Waals surface area contributed by atoms with Gasteiger partial charge in [-0.05, 0) is 18.1 Å². The van der Waals surface area contributed by atoms with Crippen LogP contribution in [0.5, 0.6) is 0 Å². The van der Waals surface area contributed by atoms with E-state index >= 15 is 0 Å². The lowest BCUT2D eigenvalue weighted by Crippen LogP contribution is -2.46. The molecule has 0 bridgehead atoms. The van der Waals surface area contributed by atoms with Crippen molar-refractivity contribution in [3.8, 4) is 0 Å². The third kappa shape index (κ3) is 2.92. The van der Waals surface area contributed by atoms with E-state index in [1.165, 1.54) is 4.90 Å². The molecule has 0 N–H and O–H groups in total. The van der Waals surface area contributed by atoms with Crippen LogP contribution >= 0.6 is 15.9 Å². The Hall–Kier alpha value is -1.20. The number of amides is 2. The molecule has 0 radical (unpaired) electrons. The molecule has 0 atom stereocenters. The van der Waals surface area contributed by atoms with Crippen LogP contribution < -0.4 is 0 Å². The van der Waals surface area contributed by atoms with E-state index in [4.69, 9.17) is 4.74 Å². The van der Waals surface area contributed by atoms with Crippen LogP contribution in [0.2, 0.25) is 0 Å². The Bertz CT molecular complexity index is 431. The lowest BCUT2D eigenvalue weighted by molar-refractivity contribution is -0.158. The molecular formula is C12H12BrNO3. The smallest absolute Gasteiger partial charge is 0.255 e. The zero-order chi connectivity index (χ0) is 12.3. The molecule has 1 aromatic carbocycles. The maximum atomic E-state index is 11.5. The second kappa shape index (κ2) is 5.42. The highest BCUT2D eigenvalue weighted by Crippen LogP contribution is 2.17. The monoisotopic (exact) mass is 297 g/mol. The second-order valence-electron chi connectivity index (χ2n) is 3.77.